The van der Waals surface area contributed by atoms with E-state index < -0.39 is 4.92 Å². The third-order valence-corrected chi connectivity index (χ3v) is 1.23. The Labute approximate surface area is 67.3 Å². The van der Waals surface area contributed by atoms with Gasteiger partial charge in [-0.3, -0.25) is 10.1 Å². The molecular formula is C6H4N3O3. The first kappa shape index (κ1) is 8.12. The van der Waals surface area contributed by atoms with Crippen LogP contribution in [0.5, 0.6) is 0 Å². The van der Waals surface area contributed by atoms with Crippen molar-refractivity contribution in [3.8, 4) is 0 Å². The van der Waals surface area contributed by atoms with Crippen molar-refractivity contribution in [2.45, 2.75) is 0 Å². The summed E-state index contributed by atoms with van der Waals surface area (Å²) in [7, 11) is 0. The van der Waals surface area contributed by atoms with Gasteiger partial charge in [0, 0.05) is 6.07 Å². The second-order valence-corrected chi connectivity index (χ2v) is 1.93. The molecule has 1 radical (unpaired) electrons. The van der Waals surface area contributed by atoms with E-state index in [1.807, 2.05) is 0 Å². The lowest BCUT2D eigenvalue weighted by Crippen LogP contribution is -1.86. The van der Waals surface area contributed by atoms with Crippen molar-refractivity contribution in [2.24, 2.45) is 10.4 Å². The van der Waals surface area contributed by atoms with E-state index in [-0.39, 0.29) is 11.4 Å². The lowest BCUT2D eigenvalue weighted by molar-refractivity contribution is -0.384. The largest absolute Gasteiger partial charge is 0.296 e. The number of hydrogen-bond donors (Lipinski definition) is 0. The van der Waals surface area contributed by atoms with Crippen molar-refractivity contribution < 1.29 is 10.1 Å². The SMILES string of the molecule is [O]N=Nc1ccccc1[N+](=O)[O-]. The minimum atomic E-state index is -0.621. The Balaban J connectivity index is 3.17. The van der Waals surface area contributed by atoms with Crippen molar-refractivity contribution in [1.29, 1.82) is 0 Å². The van der Waals surface area contributed by atoms with Gasteiger partial charge in [0.2, 0.25) is 0 Å². The van der Waals surface area contributed by atoms with Gasteiger partial charge in [-0.05, 0) is 6.07 Å². The predicted octanol–water partition coefficient (Wildman–Crippen LogP) is 2.02. The van der Waals surface area contributed by atoms with E-state index in [9.17, 15) is 15.3 Å². The molecular weight excluding hydrogens is 162 g/mol. The number of para-hydroxylation sites is 1. The highest BCUT2D eigenvalue weighted by Gasteiger charge is 2.11. The molecule has 0 atom stereocenters. The molecule has 0 heterocycles. The number of nitrogens with zero attached hydrogens (tertiary/aromatic N) is 3. The molecule has 0 aliphatic heterocycles. The quantitative estimate of drug-likeness (QED) is 0.382. The van der Waals surface area contributed by atoms with E-state index >= 15 is 0 Å². The first-order valence-electron chi connectivity index (χ1n) is 3.02. The van der Waals surface area contributed by atoms with Crippen LogP contribution in [0.2, 0.25) is 0 Å². The van der Waals surface area contributed by atoms with Gasteiger partial charge < -0.3 is 0 Å². The van der Waals surface area contributed by atoms with E-state index in [1.165, 1.54) is 24.3 Å². The number of nitro groups is 1. The number of hydrogen-bond acceptors (Lipinski definition) is 4. The topological polar surface area (TPSA) is 87.8 Å². The third kappa shape index (κ3) is 1.54. The standard InChI is InChI=1S/C6H4N3O3/c10-8-7-5-3-1-2-4-6(5)9(11)12/h1-4H. The Hall–Kier alpha value is -1.98. The van der Waals surface area contributed by atoms with Gasteiger partial charge in [0.05, 0.1) is 10.2 Å². The molecule has 0 N–H and O–H groups in total. The van der Waals surface area contributed by atoms with E-state index in [0.29, 0.717) is 0 Å². The molecule has 1 aromatic carbocycles. The normalized spacial score (nSPS) is 10.3. The van der Waals surface area contributed by atoms with Crippen molar-refractivity contribution in [2.75, 3.05) is 0 Å². The second-order valence-electron chi connectivity index (χ2n) is 1.93. The summed E-state index contributed by atoms with van der Waals surface area (Å²) in [4.78, 5) is 9.68. The highest BCUT2D eigenvalue weighted by atomic mass is 16.6. The van der Waals surface area contributed by atoms with Gasteiger partial charge in [0.25, 0.3) is 5.69 Å². The van der Waals surface area contributed by atoms with Crippen molar-refractivity contribution in [1.82, 2.24) is 0 Å². The predicted molar refractivity (Wildman–Crippen MR) is 38.3 cm³/mol. The fraction of sp³-hybridized carbons (Fsp3) is 0. The van der Waals surface area contributed by atoms with Gasteiger partial charge in [0.15, 0.2) is 5.69 Å². The average Bonchev–Trinajstić information content (AvgIpc) is 2.05. The molecule has 61 valence electrons. The van der Waals surface area contributed by atoms with Gasteiger partial charge in [0.1, 0.15) is 0 Å². The van der Waals surface area contributed by atoms with Crippen LogP contribution in [-0.4, -0.2) is 4.92 Å². The number of nitro benzene ring substituents is 1. The van der Waals surface area contributed by atoms with Crippen molar-refractivity contribution in [3.63, 3.8) is 0 Å². The average molecular weight is 166 g/mol. The summed E-state index contributed by atoms with van der Waals surface area (Å²) in [6, 6.07) is 5.63. The number of benzene rings is 1. The second kappa shape index (κ2) is 3.42. The van der Waals surface area contributed by atoms with E-state index in [2.05, 4.69) is 10.4 Å². The van der Waals surface area contributed by atoms with E-state index in [1.54, 1.807) is 0 Å². The Bertz CT molecular complexity index is 324. The van der Waals surface area contributed by atoms with Crippen LogP contribution in [-0.2, 0) is 5.21 Å². The molecule has 0 amide bonds. The van der Waals surface area contributed by atoms with Crippen LogP contribution < -0.4 is 0 Å². The lowest BCUT2D eigenvalue weighted by atomic mass is 10.3. The van der Waals surface area contributed by atoms with Crippen LogP contribution in [0.4, 0.5) is 11.4 Å². The highest BCUT2D eigenvalue weighted by Crippen LogP contribution is 2.25. The summed E-state index contributed by atoms with van der Waals surface area (Å²) in [6.45, 7) is 0. The summed E-state index contributed by atoms with van der Waals surface area (Å²) >= 11 is 0. The molecule has 0 saturated carbocycles. The monoisotopic (exact) mass is 166 g/mol. The molecule has 0 spiro atoms. The molecule has 6 nitrogen and oxygen atoms in total. The Kier molecular flexibility index (Phi) is 2.32. The third-order valence-electron chi connectivity index (χ3n) is 1.23. The molecule has 0 unspecified atom stereocenters. The van der Waals surface area contributed by atoms with Crippen LogP contribution in [0.25, 0.3) is 0 Å². The molecule has 0 fully saturated rings. The molecule has 12 heavy (non-hydrogen) atoms. The Morgan fingerprint density at radius 1 is 1.33 bits per heavy atom. The highest BCUT2D eigenvalue weighted by molar-refractivity contribution is 5.55. The smallest absolute Gasteiger partial charge is 0.258 e. The van der Waals surface area contributed by atoms with Gasteiger partial charge >= 0.3 is 0 Å². The molecule has 0 aromatic heterocycles. The van der Waals surface area contributed by atoms with E-state index in [4.69, 9.17) is 0 Å². The molecule has 0 saturated heterocycles. The fourth-order valence-electron chi connectivity index (χ4n) is 0.747. The molecule has 6 heteroatoms. The molecule has 0 aliphatic rings. The zero-order chi connectivity index (χ0) is 8.97. The van der Waals surface area contributed by atoms with Gasteiger partial charge in [-0.1, -0.05) is 12.1 Å². The summed E-state index contributed by atoms with van der Waals surface area (Å²) < 4.78 is 0. The summed E-state index contributed by atoms with van der Waals surface area (Å²) in [6.07, 6.45) is 0. The van der Waals surface area contributed by atoms with Crippen LogP contribution >= 0.6 is 0 Å². The molecule has 0 aliphatic carbocycles. The number of rotatable bonds is 2. The molecule has 1 rings (SSSR count). The molecule has 1 aromatic rings. The minimum Gasteiger partial charge on any atom is -0.258 e. The summed E-state index contributed by atoms with van der Waals surface area (Å²) in [5.74, 6) is 0. The maximum atomic E-state index is 10.3. The maximum absolute atomic E-state index is 10.3. The van der Waals surface area contributed by atoms with E-state index in [0.717, 1.165) is 0 Å². The first-order valence-corrected chi connectivity index (χ1v) is 3.02. The summed E-state index contributed by atoms with van der Waals surface area (Å²) in [5, 5.41) is 25.3. The maximum Gasteiger partial charge on any atom is 0.296 e. The van der Waals surface area contributed by atoms with Crippen LogP contribution in [0.3, 0.4) is 0 Å². The van der Waals surface area contributed by atoms with Crippen LogP contribution in [0.1, 0.15) is 0 Å². The van der Waals surface area contributed by atoms with Crippen molar-refractivity contribution >= 4 is 11.4 Å². The minimum absolute atomic E-state index is 0.0301. The zero-order valence-corrected chi connectivity index (χ0v) is 5.88. The fourth-order valence-corrected chi connectivity index (χ4v) is 0.747. The Morgan fingerprint density at radius 2 is 2.00 bits per heavy atom. The van der Waals surface area contributed by atoms with Crippen LogP contribution in [0, 0.1) is 10.1 Å². The lowest BCUT2D eigenvalue weighted by Gasteiger charge is -1.92. The first-order chi connectivity index (χ1) is 5.75. The van der Waals surface area contributed by atoms with Gasteiger partial charge in [-0.25, -0.2) is 0 Å². The van der Waals surface area contributed by atoms with Crippen LogP contribution in [0.15, 0.2) is 34.7 Å². The Morgan fingerprint density at radius 3 is 2.58 bits per heavy atom. The zero-order valence-electron chi connectivity index (χ0n) is 5.88. The summed E-state index contributed by atoms with van der Waals surface area (Å²) in [5.41, 5.74) is -0.255. The van der Waals surface area contributed by atoms with Gasteiger partial charge in [-0.15, -0.1) is 10.3 Å². The molecule has 0 bridgehead atoms. The van der Waals surface area contributed by atoms with Crippen molar-refractivity contribution in [3.05, 3.63) is 34.4 Å². The van der Waals surface area contributed by atoms with Gasteiger partial charge in [-0.2, -0.15) is 0 Å².